The molecule has 0 saturated carbocycles. The minimum Gasteiger partial charge on any atom is -0.478 e. The van der Waals surface area contributed by atoms with E-state index in [1.165, 1.54) is 11.0 Å². The third-order valence-corrected chi connectivity index (χ3v) is 4.69. The van der Waals surface area contributed by atoms with Crippen LogP contribution in [-0.4, -0.2) is 28.9 Å². The number of benzene rings is 1. The predicted octanol–water partition coefficient (Wildman–Crippen LogP) is 3.55. The number of carboxylic acid groups (broad SMARTS) is 1. The van der Waals surface area contributed by atoms with Crippen molar-refractivity contribution in [2.24, 2.45) is 5.92 Å². The van der Waals surface area contributed by atoms with Crippen molar-refractivity contribution < 1.29 is 14.7 Å². The largest absolute Gasteiger partial charge is 0.478 e. The van der Waals surface area contributed by atoms with Gasteiger partial charge in [-0.15, -0.1) is 0 Å². The number of rotatable bonds is 3. The molecule has 4 nitrogen and oxygen atoms in total. The van der Waals surface area contributed by atoms with Crippen molar-refractivity contribution in [3.8, 4) is 0 Å². The number of alkyl halides is 1. The zero-order chi connectivity index (χ0) is 14.2. The Morgan fingerprint density at radius 2 is 2.21 bits per heavy atom. The molecular formula is C12H10Br2ClNO3. The maximum atomic E-state index is 12.0. The SMILES string of the molecule is O=C(O)c1cc(Cl)cc(Br)c1N1CC(CBr)CC1=O. The first-order valence-electron chi connectivity index (χ1n) is 5.52. The van der Waals surface area contributed by atoms with E-state index in [1.807, 2.05) is 0 Å². The normalized spacial score (nSPS) is 19.0. The van der Waals surface area contributed by atoms with E-state index in [0.717, 1.165) is 0 Å². The number of aromatic carboxylic acids is 1. The van der Waals surface area contributed by atoms with Gasteiger partial charge in [0, 0.05) is 27.8 Å². The summed E-state index contributed by atoms with van der Waals surface area (Å²) in [6.45, 7) is 0.505. The smallest absolute Gasteiger partial charge is 0.337 e. The Morgan fingerprint density at radius 3 is 2.74 bits per heavy atom. The van der Waals surface area contributed by atoms with Gasteiger partial charge in [-0.1, -0.05) is 27.5 Å². The van der Waals surface area contributed by atoms with E-state index in [-0.39, 0.29) is 17.4 Å². The van der Waals surface area contributed by atoms with Gasteiger partial charge in [0.25, 0.3) is 0 Å². The Balaban J connectivity index is 2.50. The third kappa shape index (κ3) is 2.95. The van der Waals surface area contributed by atoms with Crippen molar-refractivity contribution in [1.29, 1.82) is 0 Å². The standard InChI is InChI=1S/C12H10Br2ClNO3/c13-4-6-1-10(17)16(5-6)11-8(12(18)19)2-7(15)3-9(11)14/h2-3,6H,1,4-5H2,(H,18,19). The Morgan fingerprint density at radius 1 is 1.53 bits per heavy atom. The number of halogens is 3. The maximum Gasteiger partial charge on any atom is 0.337 e. The fourth-order valence-corrected chi connectivity index (χ4v) is 3.56. The molecule has 7 heteroatoms. The number of anilines is 1. The summed E-state index contributed by atoms with van der Waals surface area (Å²) < 4.78 is 0.515. The van der Waals surface area contributed by atoms with Gasteiger partial charge in [-0.2, -0.15) is 0 Å². The number of carbonyl (C=O) groups excluding carboxylic acids is 1. The molecule has 1 saturated heterocycles. The molecule has 1 N–H and O–H groups in total. The Kier molecular flexibility index (Phi) is 4.53. The van der Waals surface area contributed by atoms with Gasteiger partial charge in [-0.25, -0.2) is 4.79 Å². The summed E-state index contributed by atoms with van der Waals surface area (Å²) in [4.78, 5) is 24.8. The van der Waals surface area contributed by atoms with Crippen molar-refractivity contribution in [2.45, 2.75) is 6.42 Å². The average Bonchev–Trinajstić information content (AvgIpc) is 2.69. The second-order valence-electron chi connectivity index (χ2n) is 4.32. The molecule has 19 heavy (non-hydrogen) atoms. The van der Waals surface area contributed by atoms with Crippen LogP contribution in [-0.2, 0) is 4.79 Å². The zero-order valence-corrected chi connectivity index (χ0v) is 13.6. The monoisotopic (exact) mass is 409 g/mol. The number of nitrogens with zero attached hydrogens (tertiary/aromatic N) is 1. The van der Waals surface area contributed by atoms with Crippen LogP contribution in [0.3, 0.4) is 0 Å². The van der Waals surface area contributed by atoms with Crippen LogP contribution in [0.25, 0.3) is 0 Å². The number of carboxylic acids is 1. The molecule has 2 rings (SSSR count). The highest BCUT2D eigenvalue weighted by molar-refractivity contribution is 9.10. The lowest BCUT2D eigenvalue weighted by Gasteiger charge is -2.20. The molecule has 1 amide bonds. The number of hydrogen-bond donors (Lipinski definition) is 1. The molecule has 1 aromatic rings. The van der Waals surface area contributed by atoms with Crippen LogP contribution in [0.4, 0.5) is 5.69 Å². The minimum atomic E-state index is -1.10. The molecule has 0 radical (unpaired) electrons. The van der Waals surface area contributed by atoms with E-state index < -0.39 is 5.97 Å². The minimum absolute atomic E-state index is 0.0305. The summed E-state index contributed by atoms with van der Waals surface area (Å²) in [5.74, 6) is -0.986. The fraction of sp³-hybridized carbons (Fsp3) is 0.333. The van der Waals surface area contributed by atoms with Crippen LogP contribution < -0.4 is 4.90 Å². The Labute approximate surface area is 132 Å². The van der Waals surface area contributed by atoms with Crippen molar-refractivity contribution in [3.63, 3.8) is 0 Å². The van der Waals surface area contributed by atoms with Crippen molar-refractivity contribution in [1.82, 2.24) is 0 Å². The second-order valence-corrected chi connectivity index (χ2v) is 6.26. The lowest BCUT2D eigenvalue weighted by atomic mass is 10.1. The van der Waals surface area contributed by atoms with Crippen LogP contribution in [0.15, 0.2) is 16.6 Å². The summed E-state index contributed by atoms with van der Waals surface area (Å²) in [5.41, 5.74) is 0.410. The average molecular weight is 411 g/mol. The summed E-state index contributed by atoms with van der Waals surface area (Å²) in [5, 5.41) is 10.3. The first kappa shape index (κ1) is 14.8. The molecular weight excluding hydrogens is 401 g/mol. The van der Waals surface area contributed by atoms with Gasteiger partial charge in [-0.05, 0) is 34.0 Å². The van der Waals surface area contributed by atoms with Crippen LogP contribution in [0.5, 0.6) is 0 Å². The molecule has 0 aromatic heterocycles. The summed E-state index contributed by atoms with van der Waals surface area (Å²) in [6, 6.07) is 2.96. The van der Waals surface area contributed by atoms with Crippen LogP contribution >= 0.6 is 43.5 Å². The number of hydrogen-bond acceptors (Lipinski definition) is 2. The van der Waals surface area contributed by atoms with Gasteiger partial charge >= 0.3 is 5.97 Å². The predicted molar refractivity (Wildman–Crippen MR) is 80.4 cm³/mol. The van der Waals surface area contributed by atoms with E-state index in [9.17, 15) is 14.7 Å². The van der Waals surface area contributed by atoms with Gasteiger partial charge in [0.05, 0.1) is 11.3 Å². The summed E-state index contributed by atoms with van der Waals surface area (Å²) in [6.07, 6.45) is 0.416. The highest BCUT2D eigenvalue weighted by atomic mass is 79.9. The Bertz CT molecular complexity index is 550. The topological polar surface area (TPSA) is 57.6 Å². The molecule has 0 spiro atoms. The van der Waals surface area contributed by atoms with E-state index in [2.05, 4.69) is 31.9 Å². The molecule has 102 valence electrons. The highest BCUT2D eigenvalue weighted by Crippen LogP contribution is 2.37. The second kappa shape index (κ2) is 5.81. The molecule has 1 unspecified atom stereocenters. The van der Waals surface area contributed by atoms with E-state index in [1.54, 1.807) is 6.07 Å². The first-order valence-corrected chi connectivity index (χ1v) is 7.82. The molecule has 0 bridgehead atoms. The van der Waals surface area contributed by atoms with E-state index >= 15 is 0 Å². The molecule has 1 aliphatic rings. The molecule has 1 aliphatic heterocycles. The summed E-state index contributed by atoms with van der Waals surface area (Å²) in [7, 11) is 0. The van der Waals surface area contributed by atoms with E-state index in [4.69, 9.17) is 11.6 Å². The fourth-order valence-electron chi connectivity index (χ4n) is 2.10. The molecule has 1 heterocycles. The van der Waals surface area contributed by atoms with Crippen LogP contribution in [0, 0.1) is 5.92 Å². The van der Waals surface area contributed by atoms with Crippen molar-refractivity contribution in [2.75, 3.05) is 16.8 Å². The molecule has 1 aromatic carbocycles. The lowest BCUT2D eigenvalue weighted by molar-refractivity contribution is -0.117. The van der Waals surface area contributed by atoms with Gasteiger partial charge in [0.15, 0.2) is 0 Å². The molecule has 1 atom stereocenters. The lowest BCUT2D eigenvalue weighted by Crippen LogP contribution is -2.27. The van der Waals surface area contributed by atoms with Gasteiger partial charge in [0.2, 0.25) is 5.91 Å². The third-order valence-electron chi connectivity index (χ3n) is 2.95. The Hall–Kier alpha value is -0.590. The van der Waals surface area contributed by atoms with Gasteiger partial charge < -0.3 is 10.0 Å². The molecule has 1 fully saturated rings. The first-order chi connectivity index (χ1) is 8.93. The van der Waals surface area contributed by atoms with Crippen molar-refractivity contribution in [3.05, 3.63) is 27.2 Å². The zero-order valence-electron chi connectivity index (χ0n) is 9.70. The van der Waals surface area contributed by atoms with Gasteiger partial charge in [-0.3, -0.25) is 4.79 Å². The van der Waals surface area contributed by atoms with Crippen LogP contribution in [0.1, 0.15) is 16.8 Å². The maximum absolute atomic E-state index is 12.0. The van der Waals surface area contributed by atoms with Crippen molar-refractivity contribution >= 4 is 61.0 Å². The number of carbonyl (C=O) groups is 2. The van der Waals surface area contributed by atoms with E-state index in [0.29, 0.717) is 33.5 Å². The quantitative estimate of drug-likeness (QED) is 0.774. The number of amides is 1. The summed E-state index contributed by atoms with van der Waals surface area (Å²) >= 11 is 12.5. The van der Waals surface area contributed by atoms with Crippen LogP contribution in [0.2, 0.25) is 5.02 Å². The molecule has 0 aliphatic carbocycles. The van der Waals surface area contributed by atoms with Gasteiger partial charge in [0.1, 0.15) is 0 Å². The highest BCUT2D eigenvalue weighted by Gasteiger charge is 2.33.